The van der Waals surface area contributed by atoms with Gasteiger partial charge in [-0.25, -0.2) is 0 Å². The normalized spacial score (nSPS) is 22.6. The van der Waals surface area contributed by atoms with E-state index in [-0.39, 0.29) is 17.1 Å². The van der Waals surface area contributed by atoms with Gasteiger partial charge in [0.05, 0.1) is 17.9 Å². The third-order valence-corrected chi connectivity index (χ3v) is 4.63. The number of hydroxylamine groups is 2. The van der Waals surface area contributed by atoms with Crippen LogP contribution in [-0.2, 0) is 9.59 Å². The van der Waals surface area contributed by atoms with E-state index in [2.05, 4.69) is 13.8 Å². The molecule has 1 aliphatic rings. The summed E-state index contributed by atoms with van der Waals surface area (Å²) < 4.78 is 5.84. The van der Waals surface area contributed by atoms with Gasteiger partial charge in [0.2, 0.25) is 0 Å². The second kappa shape index (κ2) is 7.34. The molecule has 2 rings (SSSR count). The van der Waals surface area contributed by atoms with Crippen LogP contribution in [0.4, 0.5) is 0 Å². The van der Waals surface area contributed by atoms with Crippen LogP contribution in [0, 0.1) is 17.8 Å². The van der Waals surface area contributed by atoms with Gasteiger partial charge in [-0.05, 0) is 42.9 Å². The second-order valence-corrected chi connectivity index (χ2v) is 7.34. The van der Waals surface area contributed by atoms with Gasteiger partial charge in [0, 0.05) is 0 Å². The fourth-order valence-electron chi connectivity index (χ4n) is 2.94. The number of hydrogen-bond acceptors (Lipinski definition) is 4. The van der Waals surface area contributed by atoms with Gasteiger partial charge in [0.25, 0.3) is 11.8 Å². The summed E-state index contributed by atoms with van der Waals surface area (Å²) in [6.45, 7) is 10.2. The summed E-state index contributed by atoms with van der Waals surface area (Å²) in [5, 5.41) is 10.0. The number of carbonyl (C=O) groups excluding carboxylic acids is 2. The summed E-state index contributed by atoms with van der Waals surface area (Å²) in [4.78, 5) is 24.4. The highest BCUT2D eigenvalue weighted by Crippen LogP contribution is 2.38. The van der Waals surface area contributed by atoms with E-state index >= 15 is 0 Å². The molecule has 1 N–H and O–H groups in total. The Morgan fingerprint density at radius 3 is 2.12 bits per heavy atom. The largest absolute Gasteiger partial charge is 0.490 e. The first kappa shape index (κ1) is 18.5. The third-order valence-electron chi connectivity index (χ3n) is 4.63. The first-order chi connectivity index (χ1) is 11.2. The van der Waals surface area contributed by atoms with Crippen molar-refractivity contribution in [2.24, 2.45) is 17.8 Å². The van der Waals surface area contributed by atoms with Gasteiger partial charge in [-0.1, -0.05) is 39.8 Å². The van der Waals surface area contributed by atoms with E-state index in [0.717, 1.165) is 11.3 Å². The molecule has 2 amide bonds. The minimum atomic E-state index is -0.624. The third kappa shape index (κ3) is 3.78. The van der Waals surface area contributed by atoms with Crippen LogP contribution in [0.15, 0.2) is 24.3 Å². The highest BCUT2D eigenvalue weighted by atomic mass is 16.5. The summed E-state index contributed by atoms with van der Waals surface area (Å²) in [7, 11) is 0. The fraction of sp³-hybridized carbons (Fsp3) is 0.579. The molecule has 0 bridgehead atoms. The highest BCUT2D eigenvalue weighted by Gasteiger charge is 2.48. The molecule has 5 nitrogen and oxygen atoms in total. The van der Waals surface area contributed by atoms with Crippen LogP contribution in [0.2, 0.25) is 0 Å². The van der Waals surface area contributed by atoms with Crippen molar-refractivity contribution in [2.45, 2.75) is 53.1 Å². The van der Waals surface area contributed by atoms with Gasteiger partial charge < -0.3 is 4.74 Å². The minimum absolute atomic E-state index is 0.0900. The molecular weight excluding hydrogens is 306 g/mol. The fourth-order valence-corrected chi connectivity index (χ4v) is 2.94. The number of hydrogen-bond donors (Lipinski definition) is 1. The predicted molar refractivity (Wildman–Crippen MR) is 90.7 cm³/mol. The average Bonchev–Trinajstić information content (AvgIpc) is 2.72. The molecule has 3 unspecified atom stereocenters. The molecule has 0 spiro atoms. The van der Waals surface area contributed by atoms with E-state index in [1.54, 1.807) is 0 Å². The van der Waals surface area contributed by atoms with Crippen LogP contribution < -0.4 is 4.74 Å². The van der Waals surface area contributed by atoms with Gasteiger partial charge >= 0.3 is 0 Å². The lowest BCUT2D eigenvalue weighted by atomic mass is 9.83. The summed E-state index contributed by atoms with van der Waals surface area (Å²) in [5.74, 6) is -0.794. The number of rotatable bonds is 6. The van der Waals surface area contributed by atoms with E-state index < -0.39 is 23.7 Å². The molecule has 5 heteroatoms. The maximum absolute atomic E-state index is 12.3. The van der Waals surface area contributed by atoms with Gasteiger partial charge in [-0.3, -0.25) is 14.8 Å². The molecule has 0 aromatic heterocycles. The Bertz CT molecular complexity index is 594. The zero-order valence-corrected chi connectivity index (χ0v) is 15.0. The molecule has 132 valence electrons. The van der Waals surface area contributed by atoms with Crippen LogP contribution >= 0.6 is 0 Å². The van der Waals surface area contributed by atoms with Crippen molar-refractivity contribution in [1.82, 2.24) is 5.06 Å². The van der Waals surface area contributed by atoms with Gasteiger partial charge in [0.1, 0.15) is 5.75 Å². The Morgan fingerprint density at radius 2 is 1.62 bits per heavy atom. The molecule has 1 aromatic carbocycles. The number of imide groups is 1. The lowest BCUT2D eigenvalue weighted by molar-refractivity contribution is -0.172. The molecule has 24 heavy (non-hydrogen) atoms. The van der Waals surface area contributed by atoms with Crippen molar-refractivity contribution in [3.8, 4) is 5.75 Å². The molecule has 1 aromatic rings. The molecule has 0 radical (unpaired) electrons. The molecule has 1 saturated heterocycles. The van der Waals surface area contributed by atoms with Crippen molar-refractivity contribution in [2.75, 3.05) is 0 Å². The maximum Gasteiger partial charge on any atom is 0.261 e. The molecule has 1 aliphatic heterocycles. The lowest BCUT2D eigenvalue weighted by Crippen LogP contribution is -2.27. The Morgan fingerprint density at radius 1 is 1.04 bits per heavy atom. The SMILES string of the molecule is CC(C)CC1C(=O)N(O)C(=O)C1c1ccc(OC(C)C(C)C)cc1. The van der Waals surface area contributed by atoms with Crippen molar-refractivity contribution >= 4 is 11.8 Å². The number of ether oxygens (including phenoxy) is 1. The first-order valence-electron chi connectivity index (χ1n) is 8.55. The van der Waals surface area contributed by atoms with Crippen molar-refractivity contribution in [1.29, 1.82) is 0 Å². The molecule has 0 saturated carbocycles. The zero-order chi connectivity index (χ0) is 18.0. The summed E-state index contributed by atoms with van der Waals surface area (Å²) in [5.41, 5.74) is 0.736. The smallest absolute Gasteiger partial charge is 0.261 e. The number of benzene rings is 1. The van der Waals surface area contributed by atoms with Crippen LogP contribution in [0.5, 0.6) is 5.75 Å². The summed E-state index contributed by atoms with van der Waals surface area (Å²) >= 11 is 0. The summed E-state index contributed by atoms with van der Waals surface area (Å²) in [6, 6.07) is 7.26. The minimum Gasteiger partial charge on any atom is -0.490 e. The van der Waals surface area contributed by atoms with E-state index in [9.17, 15) is 14.8 Å². The van der Waals surface area contributed by atoms with Crippen LogP contribution in [0.1, 0.15) is 52.5 Å². The number of carbonyl (C=O) groups is 2. The van der Waals surface area contributed by atoms with E-state index in [1.807, 2.05) is 45.0 Å². The van der Waals surface area contributed by atoms with Gasteiger partial charge in [-0.15, -0.1) is 0 Å². The van der Waals surface area contributed by atoms with Gasteiger partial charge in [0.15, 0.2) is 0 Å². The Balaban J connectivity index is 2.22. The number of amides is 2. The first-order valence-corrected chi connectivity index (χ1v) is 8.55. The Hall–Kier alpha value is -1.88. The van der Waals surface area contributed by atoms with E-state index in [0.29, 0.717) is 12.3 Å². The quantitative estimate of drug-likeness (QED) is 0.638. The predicted octanol–water partition coefficient (Wildman–Crippen LogP) is 3.61. The standard InChI is InChI=1S/C19H27NO4/c1-11(2)10-16-17(19(22)20(23)18(16)21)14-6-8-15(9-7-14)24-13(5)12(3)4/h6-9,11-13,16-17,23H,10H2,1-5H3. The second-order valence-electron chi connectivity index (χ2n) is 7.34. The molecular formula is C19H27NO4. The van der Waals surface area contributed by atoms with Crippen LogP contribution in [0.25, 0.3) is 0 Å². The lowest BCUT2D eigenvalue weighted by Gasteiger charge is -2.20. The van der Waals surface area contributed by atoms with Crippen molar-refractivity contribution < 1.29 is 19.5 Å². The zero-order valence-electron chi connectivity index (χ0n) is 15.0. The van der Waals surface area contributed by atoms with Crippen LogP contribution in [0.3, 0.4) is 0 Å². The highest BCUT2D eigenvalue weighted by molar-refractivity contribution is 6.06. The molecule has 0 aliphatic carbocycles. The van der Waals surface area contributed by atoms with E-state index in [4.69, 9.17) is 4.74 Å². The molecule has 1 fully saturated rings. The van der Waals surface area contributed by atoms with Crippen LogP contribution in [-0.4, -0.2) is 28.2 Å². The van der Waals surface area contributed by atoms with Gasteiger partial charge in [-0.2, -0.15) is 5.06 Å². The summed E-state index contributed by atoms with van der Waals surface area (Å²) in [6.07, 6.45) is 0.654. The van der Waals surface area contributed by atoms with Crippen molar-refractivity contribution in [3.63, 3.8) is 0 Å². The molecule has 3 atom stereocenters. The topological polar surface area (TPSA) is 66.8 Å². The Kier molecular flexibility index (Phi) is 5.65. The average molecular weight is 333 g/mol. The Labute approximate surface area is 143 Å². The van der Waals surface area contributed by atoms with E-state index in [1.165, 1.54) is 0 Å². The number of nitrogens with zero attached hydrogens (tertiary/aromatic N) is 1. The molecule has 1 heterocycles. The van der Waals surface area contributed by atoms with Crippen molar-refractivity contribution in [3.05, 3.63) is 29.8 Å². The maximum atomic E-state index is 12.3. The monoisotopic (exact) mass is 333 g/mol.